The summed E-state index contributed by atoms with van der Waals surface area (Å²) < 4.78 is 23.8. The number of fused-ring (bicyclic) bond motifs is 1. The Morgan fingerprint density at radius 3 is 2.53 bits per heavy atom. The number of amides is 3. The Labute approximate surface area is 207 Å². The molecule has 0 unspecified atom stereocenters. The molecule has 3 amide bonds. The monoisotopic (exact) mass is 492 g/mol. The fourth-order valence-electron chi connectivity index (χ4n) is 3.71. The Morgan fingerprint density at radius 2 is 1.89 bits per heavy atom. The molecule has 0 spiro atoms. The standard InChI is InChI=1S/C25H25FN6O4/c1-5-22(33)28-21-8-15(12-26)6-7-20(21)29-24-27-13-16-14-32(25(34)31(2)23(16)30-24)17-9-18(35-3)11-19(10-17)36-4/h5-11,13H,1,12,14H2,2-4H3,(H,28,33)(H,27,29,30). The van der Waals surface area contributed by atoms with Gasteiger partial charge in [-0.25, -0.2) is 14.2 Å². The van der Waals surface area contributed by atoms with Gasteiger partial charge in [0.15, 0.2) is 0 Å². The molecule has 2 N–H and O–H groups in total. The van der Waals surface area contributed by atoms with E-state index in [2.05, 4.69) is 27.2 Å². The van der Waals surface area contributed by atoms with Gasteiger partial charge in [-0.15, -0.1) is 0 Å². The number of aromatic nitrogens is 2. The van der Waals surface area contributed by atoms with Crippen LogP contribution in [0.15, 0.2) is 55.3 Å². The van der Waals surface area contributed by atoms with Crippen LogP contribution in [0.1, 0.15) is 11.1 Å². The molecule has 0 bridgehead atoms. The third-order valence-corrected chi connectivity index (χ3v) is 5.58. The Balaban J connectivity index is 1.64. The van der Waals surface area contributed by atoms with E-state index in [0.717, 1.165) is 11.6 Å². The Morgan fingerprint density at radius 1 is 1.17 bits per heavy atom. The summed E-state index contributed by atoms with van der Waals surface area (Å²) in [6.45, 7) is 2.99. The number of urea groups is 1. The highest BCUT2D eigenvalue weighted by Gasteiger charge is 2.31. The number of alkyl halides is 1. The third-order valence-electron chi connectivity index (χ3n) is 5.58. The molecular formula is C25H25FN6O4. The number of halogens is 1. The minimum atomic E-state index is -0.685. The number of ether oxygens (including phenoxy) is 2. The molecule has 0 aliphatic carbocycles. The molecule has 11 heteroatoms. The smallest absolute Gasteiger partial charge is 0.330 e. The maximum absolute atomic E-state index is 13.2. The number of methoxy groups -OCH3 is 2. The maximum Gasteiger partial charge on any atom is 0.330 e. The predicted octanol–water partition coefficient (Wildman–Crippen LogP) is 4.41. The van der Waals surface area contributed by atoms with Crippen LogP contribution in [0.5, 0.6) is 11.5 Å². The molecule has 2 heterocycles. The van der Waals surface area contributed by atoms with Crippen LogP contribution in [-0.2, 0) is 18.0 Å². The lowest BCUT2D eigenvalue weighted by molar-refractivity contribution is -0.111. The van der Waals surface area contributed by atoms with Gasteiger partial charge in [0.2, 0.25) is 11.9 Å². The van der Waals surface area contributed by atoms with Gasteiger partial charge >= 0.3 is 6.03 Å². The highest BCUT2D eigenvalue weighted by atomic mass is 19.1. The number of hydrogen-bond acceptors (Lipinski definition) is 7. The molecule has 2 aromatic carbocycles. The van der Waals surface area contributed by atoms with Gasteiger partial charge in [0.05, 0.1) is 37.8 Å². The summed E-state index contributed by atoms with van der Waals surface area (Å²) in [7, 11) is 4.70. The number of carbonyl (C=O) groups excluding carboxylic acids is 2. The van der Waals surface area contributed by atoms with Crippen molar-refractivity contribution in [3.8, 4) is 11.5 Å². The average Bonchev–Trinajstić information content (AvgIpc) is 2.91. The highest BCUT2D eigenvalue weighted by molar-refractivity contribution is 6.05. The van der Waals surface area contributed by atoms with Crippen LogP contribution in [0, 0.1) is 0 Å². The van der Waals surface area contributed by atoms with Crippen LogP contribution in [0.2, 0.25) is 0 Å². The molecule has 1 aromatic heterocycles. The molecule has 1 aliphatic heterocycles. The minimum Gasteiger partial charge on any atom is -0.497 e. The van der Waals surface area contributed by atoms with E-state index >= 15 is 0 Å². The molecule has 3 aromatic rings. The summed E-state index contributed by atoms with van der Waals surface area (Å²) in [5.41, 5.74) is 2.52. The zero-order valence-corrected chi connectivity index (χ0v) is 20.0. The lowest BCUT2D eigenvalue weighted by Gasteiger charge is -2.34. The summed E-state index contributed by atoms with van der Waals surface area (Å²) in [5, 5.41) is 5.68. The molecule has 1 aliphatic rings. The van der Waals surface area contributed by atoms with Gasteiger partial charge in [0, 0.05) is 37.0 Å². The summed E-state index contributed by atoms with van der Waals surface area (Å²) in [5.74, 6) is 1.30. The number of carbonyl (C=O) groups is 2. The number of hydrogen-bond donors (Lipinski definition) is 2. The molecular weight excluding hydrogens is 467 g/mol. The van der Waals surface area contributed by atoms with E-state index in [1.165, 1.54) is 11.0 Å². The van der Waals surface area contributed by atoms with Crippen LogP contribution in [0.4, 0.5) is 38.0 Å². The van der Waals surface area contributed by atoms with Crippen LogP contribution in [-0.4, -0.2) is 43.2 Å². The number of rotatable bonds is 8. The van der Waals surface area contributed by atoms with Gasteiger partial charge in [-0.05, 0) is 23.8 Å². The van der Waals surface area contributed by atoms with E-state index in [1.807, 2.05) is 0 Å². The largest absolute Gasteiger partial charge is 0.497 e. The molecule has 0 saturated heterocycles. The molecule has 4 rings (SSSR count). The molecule has 186 valence electrons. The van der Waals surface area contributed by atoms with Crippen molar-refractivity contribution in [3.63, 3.8) is 0 Å². The fraction of sp³-hybridized carbons (Fsp3) is 0.200. The fourth-order valence-corrected chi connectivity index (χ4v) is 3.71. The van der Waals surface area contributed by atoms with Crippen molar-refractivity contribution in [1.29, 1.82) is 0 Å². The number of nitrogens with one attached hydrogen (secondary N) is 2. The lowest BCUT2D eigenvalue weighted by atomic mass is 10.1. The molecule has 0 saturated carbocycles. The minimum absolute atomic E-state index is 0.201. The predicted molar refractivity (Wildman–Crippen MR) is 135 cm³/mol. The first-order valence-electron chi connectivity index (χ1n) is 10.9. The molecule has 10 nitrogen and oxygen atoms in total. The van der Waals surface area contributed by atoms with E-state index in [1.54, 1.807) is 62.7 Å². The van der Waals surface area contributed by atoms with Crippen LogP contribution in [0.25, 0.3) is 0 Å². The van der Waals surface area contributed by atoms with Crippen molar-refractivity contribution >= 4 is 40.8 Å². The van der Waals surface area contributed by atoms with Crippen molar-refractivity contribution < 1.29 is 23.5 Å². The second kappa shape index (κ2) is 10.3. The normalized spacial score (nSPS) is 12.6. The van der Waals surface area contributed by atoms with Crippen LogP contribution in [0.3, 0.4) is 0 Å². The number of benzene rings is 2. The molecule has 0 atom stereocenters. The Hall–Kier alpha value is -4.67. The second-order valence-corrected chi connectivity index (χ2v) is 7.87. The van der Waals surface area contributed by atoms with E-state index < -0.39 is 12.6 Å². The molecule has 0 fully saturated rings. The number of nitrogens with zero attached hydrogens (tertiary/aromatic N) is 4. The van der Waals surface area contributed by atoms with E-state index in [9.17, 15) is 14.0 Å². The van der Waals surface area contributed by atoms with Gasteiger partial charge < -0.3 is 20.1 Å². The maximum atomic E-state index is 13.2. The summed E-state index contributed by atoms with van der Waals surface area (Å²) in [6.07, 6.45) is 2.74. The van der Waals surface area contributed by atoms with Crippen molar-refractivity contribution in [2.45, 2.75) is 13.2 Å². The van der Waals surface area contributed by atoms with Crippen molar-refractivity contribution in [2.75, 3.05) is 41.7 Å². The quantitative estimate of drug-likeness (QED) is 0.449. The average molecular weight is 493 g/mol. The van der Waals surface area contributed by atoms with E-state index in [-0.39, 0.29) is 18.5 Å². The number of anilines is 5. The second-order valence-electron chi connectivity index (χ2n) is 7.87. The highest BCUT2D eigenvalue weighted by Crippen LogP contribution is 2.35. The summed E-state index contributed by atoms with van der Waals surface area (Å²) >= 11 is 0. The SMILES string of the molecule is C=CC(=O)Nc1cc(CF)ccc1Nc1ncc2c(n1)N(C)C(=O)N(c1cc(OC)cc(OC)c1)C2. The first kappa shape index (κ1) is 24.5. The van der Waals surface area contributed by atoms with Crippen LogP contribution >= 0.6 is 0 Å². The first-order valence-corrected chi connectivity index (χ1v) is 10.9. The Kier molecular flexibility index (Phi) is 7.00. The summed E-state index contributed by atoms with van der Waals surface area (Å²) in [6, 6.07) is 9.63. The van der Waals surface area contributed by atoms with E-state index in [0.29, 0.717) is 39.9 Å². The third kappa shape index (κ3) is 4.90. The van der Waals surface area contributed by atoms with Crippen molar-refractivity contribution in [1.82, 2.24) is 9.97 Å². The van der Waals surface area contributed by atoms with Crippen LogP contribution < -0.4 is 29.9 Å². The zero-order valence-electron chi connectivity index (χ0n) is 20.0. The van der Waals surface area contributed by atoms with Crippen molar-refractivity contribution in [3.05, 3.63) is 66.4 Å². The van der Waals surface area contributed by atoms with Crippen molar-refractivity contribution in [2.24, 2.45) is 0 Å². The van der Waals surface area contributed by atoms with Gasteiger partial charge in [-0.3, -0.25) is 14.6 Å². The Bertz CT molecular complexity index is 1310. The zero-order chi connectivity index (χ0) is 25.8. The lowest BCUT2D eigenvalue weighted by Crippen LogP contribution is -2.46. The molecule has 0 radical (unpaired) electrons. The van der Waals surface area contributed by atoms with E-state index in [4.69, 9.17) is 9.47 Å². The van der Waals surface area contributed by atoms with Gasteiger partial charge in [-0.1, -0.05) is 12.6 Å². The van der Waals surface area contributed by atoms with Gasteiger partial charge in [-0.2, -0.15) is 4.98 Å². The van der Waals surface area contributed by atoms with Gasteiger partial charge in [0.1, 0.15) is 24.0 Å². The van der Waals surface area contributed by atoms with Gasteiger partial charge in [0.25, 0.3) is 0 Å². The first-order chi connectivity index (χ1) is 17.4. The molecule has 36 heavy (non-hydrogen) atoms. The summed E-state index contributed by atoms with van der Waals surface area (Å²) in [4.78, 5) is 37.0. The topological polar surface area (TPSA) is 109 Å².